The zero-order valence-corrected chi connectivity index (χ0v) is 55.2. The fourth-order valence-corrected chi connectivity index (χ4v) is 15.9. The maximum absolute atomic E-state index is 12.5. The zero-order chi connectivity index (χ0) is 65.5. The van der Waals surface area contributed by atoms with Crippen LogP contribution in [0.4, 0.5) is 0 Å². The number of para-hydroxylation sites is 1. The van der Waals surface area contributed by atoms with Crippen LogP contribution in [-0.2, 0) is 0 Å². The van der Waals surface area contributed by atoms with Crippen LogP contribution in [0.25, 0.3) is 166 Å². The maximum Gasteiger partial charge on any atom is 0.100 e. The molecule has 0 aliphatic heterocycles. The van der Waals surface area contributed by atoms with Crippen molar-refractivity contribution in [3.8, 4) is 84.5 Å². The number of aromatic nitrogens is 5. The third kappa shape index (κ3) is 9.11. The van der Waals surface area contributed by atoms with Crippen molar-refractivity contribution in [2.75, 3.05) is 0 Å². The minimum absolute atomic E-state index is 0.571. The Kier molecular flexibility index (Phi) is 13.1. The summed E-state index contributed by atoms with van der Waals surface area (Å²) in [5.41, 5.74) is 31.9. The molecule has 0 bridgehead atoms. The molecule has 0 aliphatic rings. The van der Waals surface area contributed by atoms with Gasteiger partial charge in [0.25, 0.3) is 0 Å². The van der Waals surface area contributed by atoms with Gasteiger partial charge in [-0.15, -0.1) is 0 Å². The first kappa shape index (κ1) is 57.4. The van der Waals surface area contributed by atoms with E-state index in [2.05, 4.69) is 339 Å². The van der Waals surface area contributed by atoms with Gasteiger partial charge in [0.05, 0.1) is 49.7 Å². The van der Waals surface area contributed by atoms with Crippen LogP contribution in [0.5, 0.6) is 0 Å². The second-order valence-electron chi connectivity index (χ2n) is 26.8. The van der Waals surface area contributed by atoms with Gasteiger partial charge in [0.2, 0.25) is 0 Å². The molecule has 0 unspecified atom stereocenters. The third-order valence-corrected chi connectivity index (χ3v) is 20.3. The van der Waals surface area contributed by atoms with Crippen molar-refractivity contribution in [3.05, 3.63) is 318 Å². The normalized spacial score (nSPS) is 11.9. The quantitative estimate of drug-likeness (QED) is 0.145. The van der Waals surface area contributed by atoms with Crippen molar-refractivity contribution in [1.29, 1.82) is 5.26 Å². The SMILES string of the molecule is Cc1ccc2c(c1)c1ccccc1n2-c1ccc(-c2c(-c3ccc(-n4c5ccc(C)cc5c5cc(C)ccc54)cc3)c(C#N)c(-c3ccncc3)c(-c3ccc(-n4c5ccc(C)cc5c5cc(C)ccc54)cc3)c2-c2ccc(-n3c4ccc(C)cc4c4cc(C)ccc43)cc2)cc1. The van der Waals surface area contributed by atoms with E-state index < -0.39 is 0 Å². The smallest absolute Gasteiger partial charge is 0.100 e. The van der Waals surface area contributed by atoms with Crippen LogP contribution in [0, 0.1) is 59.8 Å². The molecule has 0 radical (unpaired) electrons. The van der Waals surface area contributed by atoms with E-state index >= 15 is 0 Å². The number of benzene rings is 13. The maximum atomic E-state index is 12.5. The number of fused-ring (bicyclic) bond motifs is 12. The largest absolute Gasteiger partial charge is 0.309 e. The van der Waals surface area contributed by atoms with Crippen LogP contribution >= 0.6 is 0 Å². The molecule has 5 aromatic heterocycles. The van der Waals surface area contributed by atoms with Gasteiger partial charge < -0.3 is 18.3 Å². The van der Waals surface area contributed by atoms with Gasteiger partial charge in [0.15, 0.2) is 0 Å². The molecule has 6 nitrogen and oxygen atoms in total. The molecular formula is C91H66N6. The first-order chi connectivity index (χ1) is 47.4. The van der Waals surface area contributed by atoms with Gasteiger partial charge in [-0.05, 0) is 245 Å². The minimum atomic E-state index is 0.571. The average Bonchev–Trinajstić information content (AvgIpc) is 1.72. The summed E-state index contributed by atoms with van der Waals surface area (Å²) in [6.07, 6.45) is 3.70. The molecule has 97 heavy (non-hydrogen) atoms. The van der Waals surface area contributed by atoms with Crippen LogP contribution in [0.1, 0.15) is 44.5 Å². The van der Waals surface area contributed by atoms with Crippen molar-refractivity contribution in [1.82, 2.24) is 23.3 Å². The third-order valence-electron chi connectivity index (χ3n) is 20.3. The van der Waals surface area contributed by atoms with E-state index in [1.807, 2.05) is 12.4 Å². The summed E-state index contributed by atoms with van der Waals surface area (Å²) < 4.78 is 9.58. The molecule has 0 aliphatic carbocycles. The summed E-state index contributed by atoms with van der Waals surface area (Å²) in [6.45, 7) is 15.2. The van der Waals surface area contributed by atoms with Crippen LogP contribution in [0.2, 0.25) is 0 Å². The lowest BCUT2D eigenvalue weighted by Crippen LogP contribution is -2.03. The fraction of sp³-hybridized carbons (Fsp3) is 0.0769. The van der Waals surface area contributed by atoms with Crippen LogP contribution in [0.3, 0.4) is 0 Å². The number of nitriles is 1. The van der Waals surface area contributed by atoms with Crippen LogP contribution in [0.15, 0.2) is 273 Å². The molecule has 0 saturated carbocycles. The second kappa shape index (κ2) is 22.2. The monoisotopic (exact) mass is 1240 g/mol. The molecule has 0 fully saturated rings. The van der Waals surface area contributed by atoms with Crippen molar-refractivity contribution in [2.24, 2.45) is 0 Å². The lowest BCUT2D eigenvalue weighted by atomic mass is 9.76. The highest BCUT2D eigenvalue weighted by Gasteiger charge is 2.30. The molecule has 0 atom stereocenters. The molecule has 18 rings (SSSR count). The molecule has 0 N–H and O–H groups in total. The Morgan fingerprint density at radius 2 is 0.464 bits per heavy atom. The molecular weight excluding hydrogens is 1180 g/mol. The number of pyridine rings is 1. The van der Waals surface area contributed by atoms with E-state index in [0.717, 1.165) is 123 Å². The van der Waals surface area contributed by atoms with Gasteiger partial charge in [-0.1, -0.05) is 148 Å². The van der Waals surface area contributed by atoms with Crippen molar-refractivity contribution < 1.29 is 0 Å². The number of hydrogen-bond acceptors (Lipinski definition) is 2. The molecule has 0 saturated heterocycles. The van der Waals surface area contributed by atoms with Gasteiger partial charge in [-0.3, -0.25) is 4.98 Å². The molecule has 5 heterocycles. The predicted molar refractivity (Wildman–Crippen MR) is 407 cm³/mol. The van der Waals surface area contributed by atoms with Crippen LogP contribution in [-0.4, -0.2) is 23.3 Å². The van der Waals surface area contributed by atoms with Gasteiger partial charge >= 0.3 is 0 Å². The Labute approximate surface area is 563 Å². The molecule has 6 heteroatoms. The Balaban J connectivity index is 0.937. The van der Waals surface area contributed by atoms with Gasteiger partial charge in [-0.2, -0.15) is 5.26 Å². The first-order valence-corrected chi connectivity index (χ1v) is 33.4. The summed E-state index contributed by atoms with van der Waals surface area (Å²) in [4.78, 5) is 4.61. The minimum Gasteiger partial charge on any atom is -0.309 e. The first-order valence-electron chi connectivity index (χ1n) is 33.4. The molecule has 460 valence electrons. The van der Waals surface area contributed by atoms with Crippen molar-refractivity contribution in [3.63, 3.8) is 0 Å². The molecule has 0 spiro atoms. The Morgan fingerprint density at radius 3 is 0.742 bits per heavy atom. The highest BCUT2D eigenvalue weighted by Crippen LogP contribution is 2.54. The lowest BCUT2D eigenvalue weighted by Gasteiger charge is -2.26. The summed E-state index contributed by atoms with van der Waals surface area (Å²) in [5, 5.41) is 22.3. The van der Waals surface area contributed by atoms with Crippen LogP contribution < -0.4 is 0 Å². The lowest BCUT2D eigenvalue weighted by molar-refractivity contribution is 1.18. The summed E-state index contributed by atoms with van der Waals surface area (Å²) in [6, 6.07) is 99.6. The highest BCUT2D eigenvalue weighted by molar-refractivity contribution is 6.15. The highest BCUT2D eigenvalue weighted by atomic mass is 15.0. The van der Waals surface area contributed by atoms with Gasteiger partial charge in [0.1, 0.15) is 6.07 Å². The molecule has 0 amide bonds. The summed E-state index contributed by atoms with van der Waals surface area (Å²) >= 11 is 0. The van der Waals surface area contributed by atoms with Crippen molar-refractivity contribution in [2.45, 2.75) is 48.5 Å². The number of aryl methyl sites for hydroxylation is 7. The summed E-state index contributed by atoms with van der Waals surface area (Å²) in [5.74, 6) is 0. The Morgan fingerprint density at radius 1 is 0.237 bits per heavy atom. The van der Waals surface area contributed by atoms with E-state index in [0.29, 0.717) is 5.56 Å². The predicted octanol–water partition coefficient (Wildman–Crippen LogP) is 23.8. The van der Waals surface area contributed by atoms with E-state index in [9.17, 15) is 5.26 Å². The Bertz CT molecular complexity index is 6170. The second-order valence-corrected chi connectivity index (χ2v) is 26.8. The van der Waals surface area contributed by atoms with Crippen molar-refractivity contribution >= 4 is 87.2 Å². The van der Waals surface area contributed by atoms with E-state index in [-0.39, 0.29) is 0 Å². The number of rotatable bonds is 9. The van der Waals surface area contributed by atoms with E-state index in [4.69, 9.17) is 0 Å². The van der Waals surface area contributed by atoms with E-state index in [1.165, 1.54) is 82.0 Å². The summed E-state index contributed by atoms with van der Waals surface area (Å²) in [7, 11) is 0. The molecule has 13 aromatic carbocycles. The number of hydrogen-bond donors (Lipinski definition) is 0. The average molecular weight is 1240 g/mol. The topological polar surface area (TPSA) is 56.4 Å². The fourth-order valence-electron chi connectivity index (χ4n) is 15.9. The zero-order valence-electron chi connectivity index (χ0n) is 55.2. The van der Waals surface area contributed by atoms with Gasteiger partial charge in [-0.25, -0.2) is 0 Å². The Hall–Kier alpha value is -12.3. The number of nitrogens with zero attached hydrogens (tertiary/aromatic N) is 6. The van der Waals surface area contributed by atoms with E-state index in [1.54, 1.807) is 0 Å². The standard InChI is InChI=1S/C91H66N6/c1-54-12-35-80-71(46-54)70-10-8-9-11-79(70)94(80)66-29-21-62(22-30-66)89-87(61-19-27-67(28-20-61)95-81-36-13-55(2)47-72(81)73-48-56(3)14-37-82(73)95)78(53-92)88(65-42-44-93-45-43-65)90(63-23-31-68(32-24-63)96-83-38-15-57(4)49-74(83)75-50-58(5)16-39-84(75)96)91(89)64-25-33-69(34-26-64)97-85-40-17-59(6)51-76(85)77-52-60(7)18-41-86(77)97/h8-52H,1-7H3. The molecule has 18 aromatic rings. The van der Waals surface area contributed by atoms with Gasteiger partial charge in [0, 0.05) is 89.4 Å².